The second-order valence-corrected chi connectivity index (χ2v) is 10.2. The first kappa shape index (κ1) is 26.0. The number of hydrogen-bond donors (Lipinski definition) is 2. The SMILES string of the molecule is N=C(OC(=N)c1cccc(N(c2ccccc2)c2ccc(-n3c4ccccc4c4ccccc43)cc2)c1)c1ccccc1. The molecule has 0 atom stereocenters. The monoisotopic (exact) mass is 556 g/mol. The Labute approximate surface area is 249 Å². The van der Waals surface area contributed by atoms with Crippen LogP contribution in [0.5, 0.6) is 0 Å². The summed E-state index contributed by atoms with van der Waals surface area (Å²) in [5.74, 6) is -0.137. The average molecular weight is 557 g/mol. The normalized spacial score (nSPS) is 11.0. The number of rotatable bonds is 6. The van der Waals surface area contributed by atoms with Gasteiger partial charge < -0.3 is 14.2 Å². The molecule has 0 aliphatic carbocycles. The summed E-state index contributed by atoms with van der Waals surface area (Å²) in [5.41, 5.74) is 7.49. The van der Waals surface area contributed by atoms with E-state index < -0.39 is 0 Å². The Morgan fingerprint density at radius 3 is 1.60 bits per heavy atom. The van der Waals surface area contributed by atoms with Gasteiger partial charge in [-0.15, -0.1) is 0 Å². The largest absolute Gasteiger partial charge is 0.421 e. The molecule has 43 heavy (non-hydrogen) atoms. The highest BCUT2D eigenvalue weighted by atomic mass is 16.5. The molecule has 0 aliphatic heterocycles. The van der Waals surface area contributed by atoms with E-state index in [9.17, 15) is 0 Å². The maximum absolute atomic E-state index is 8.61. The van der Waals surface area contributed by atoms with Gasteiger partial charge in [-0.05, 0) is 78.9 Å². The van der Waals surface area contributed by atoms with Crippen LogP contribution in [0.3, 0.4) is 0 Å². The number of para-hydroxylation sites is 3. The van der Waals surface area contributed by atoms with Crippen LogP contribution < -0.4 is 4.90 Å². The van der Waals surface area contributed by atoms with Crippen LogP contribution >= 0.6 is 0 Å². The molecule has 0 amide bonds. The molecular formula is C38H28N4O. The van der Waals surface area contributed by atoms with Gasteiger partial charge in [-0.3, -0.25) is 10.8 Å². The van der Waals surface area contributed by atoms with Gasteiger partial charge in [-0.2, -0.15) is 0 Å². The van der Waals surface area contributed by atoms with E-state index in [0.29, 0.717) is 11.1 Å². The van der Waals surface area contributed by atoms with Crippen molar-refractivity contribution in [2.75, 3.05) is 4.90 Å². The van der Waals surface area contributed by atoms with Gasteiger partial charge in [0, 0.05) is 44.6 Å². The summed E-state index contributed by atoms with van der Waals surface area (Å²) in [4.78, 5) is 2.16. The number of aromatic nitrogens is 1. The van der Waals surface area contributed by atoms with Crippen LogP contribution in [0.4, 0.5) is 17.1 Å². The fraction of sp³-hybridized carbons (Fsp3) is 0. The fourth-order valence-electron chi connectivity index (χ4n) is 5.57. The Bertz CT molecular complexity index is 2030. The average Bonchev–Trinajstić information content (AvgIpc) is 3.41. The van der Waals surface area contributed by atoms with Gasteiger partial charge in [-0.1, -0.05) is 78.9 Å². The Balaban J connectivity index is 1.26. The summed E-state index contributed by atoms with van der Waals surface area (Å²) in [7, 11) is 0. The maximum atomic E-state index is 8.61. The number of fused-ring (bicyclic) bond motifs is 3. The quantitative estimate of drug-likeness (QED) is 0.158. The molecule has 0 bridgehead atoms. The molecule has 0 spiro atoms. The number of hydrogen-bond acceptors (Lipinski definition) is 4. The first-order valence-corrected chi connectivity index (χ1v) is 14.1. The van der Waals surface area contributed by atoms with E-state index in [1.165, 1.54) is 21.8 Å². The zero-order chi connectivity index (χ0) is 29.2. The lowest BCUT2D eigenvalue weighted by molar-refractivity contribution is 0.538. The third kappa shape index (κ3) is 4.94. The predicted octanol–water partition coefficient (Wildman–Crippen LogP) is 9.62. The molecule has 5 heteroatoms. The van der Waals surface area contributed by atoms with Crippen LogP contribution in [0, 0.1) is 10.8 Å². The molecule has 7 rings (SSSR count). The van der Waals surface area contributed by atoms with Crippen LogP contribution in [0.25, 0.3) is 27.5 Å². The topological polar surface area (TPSA) is 65.1 Å². The number of anilines is 3. The standard InChI is InChI=1S/C38H28N4O/c39-37(27-12-3-1-4-13-27)43-38(40)28-14-11-17-32(26-28)41(29-15-5-2-6-16-29)30-22-24-31(25-23-30)42-35-20-9-7-18-33(35)34-19-8-10-21-36(34)42/h1-26,39-40H. The lowest BCUT2D eigenvalue weighted by Gasteiger charge is -2.26. The van der Waals surface area contributed by atoms with Crippen LogP contribution in [0.1, 0.15) is 11.1 Å². The van der Waals surface area contributed by atoms with Crippen molar-refractivity contribution in [2.24, 2.45) is 0 Å². The lowest BCUT2D eigenvalue weighted by atomic mass is 10.1. The third-order valence-electron chi connectivity index (χ3n) is 7.57. The Kier molecular flexibility index (Phi) is 6.74. The highest BCUT2D eigenvalue weighted by molar-refractivity contribution is 6.09. The summed E-state index contributed by atoms with van der Waals surface area (Å²) < 4.78 is 7.95. The summed E-state index contributed by atoms with van der Waals surface area (Å²) in [5, 5.41) is 19.4. The van der Waals surface area contributed by atoms with Gasteiger partial charge in [0.2, 0.25) is 11.8 Å². The molecular weight excluding hydrogens is 528 g/mol. The Morgan fingerprint density at radius 1 is 0.465 bits per heavy atom. The zero-order valence-corrected chi connectivity index (χ0v) is 23.3. The molecule has 0 saturated carbocycles. The molecule has 0 fully saturated rings. The van der Waals surface area contributed by atoms with E-state index in [2.05, 4.69) is 94.4 Å². The van der Waals surface area contributed by atoms with Gasteiger partial charge in [0.15, 0.2) is 0 Å². The first-order chi connectivity index (χ1) is 21.2. The van der Waals surface area contributed by atoms with Crippen molar-refractivity contribution in [3.05, 3.63) is 169 Å². The number of benzene rings is 6. The molecule has 206 valence electrons. The maximum Gasteiger partial charge on any atom is 0.221 e. The minimum Gasteiger partial charge on any atom is -0.421 e. The molecule has 5 nitrogen and oxygen atoms in total. The van der Waals surface area contributed by atoms with Crippen molar-refractivity contribution in [3.8, 4) is 5.69 Å². The van der Waals surface area contributed by atoms with Crippen LogP contribution in [0.15, 0.2) is 158 Å². The zero-order valence-electron chi connectivity index (χ0n) is 23.3. The molecule has 1 heterocycles. The van der Waals surface area contributed by atoms with Gasteiger partial charge in [0.05, 0.1) is 11.0 Å². The van der Waals surface area contributed by atoms with E-state index >= 15 is 0 Å². The molecule has 0 radical (unpaired) electrons. The Hall–Kier alpha value is -5.94. The van der Waals surface area contributed by atoms with Crippen LogP contribution in [-0.2, 0) is 4.74 Å². The highest BCUT2D eigenvalue weighted by Gasteiger charge is 2.17. The van der Waals surface area contributed by atoms with Crippen molar-refractivity contribution < 1.29 is 4.74 Å². The first-order valence-electron chi connectivity index (χ1n) is 14.1. The van der Waals surface area contributed by atoms with Gasteiger partial charge in [-0.25, -0.2) is 0 Å². The minimum atomic E-state index is -0.0783. The van der Waals surface area contributed by atoms with E-state index in [1.54, 1.807) is 12.1 Å². The number of ether oxygens (including phenoxy) is 1. The van der Waals surface area contributed by atoms with Crippen molar-refractivity contribution >= 4 is 50.7 Å². The molecule has 0 aliphatic rings. The molecule has 0 unspecified atom stereocenters. The number of nitrogens with one attached hydrogen (secondary N) is 2. The van der Waals surface area contributed by atoms with Crippen molar-refractivity contribution in [1.82, 2.24) is 4.57 Å². The van der Waals surface area contributed by atoms with Crippen molar-refractivity contribution in [1.29, 1.82) is 10.8 Å². The lowest BCUT2D eigenvalue weighted by Crippen LogP contribution is -2.14. The van der Waals surface area contributed by atoms with E-state index in [4.69, 9.17) is 15.6 Å². The van der Waals surface area contributed by atoms with E-state index in [-0.39, 0.29) is 11.8 Å². The number of nitrogens with zero attached hydrogens (tertiary/aromatic N) is 2. The fourth-order valence-corrected chi connectivity index (χ4v) is 5.57. The third-order valence-corrected chi connectivity index (χ3v) is 7.57. The van der Waals surface area contributed by atoms with Crippen LogP contribution in [-0.4, -0.2) is 16.4 Å². The molecule has 0 saturated heterocycles. The smallest absolute Gasteiger partial charge is 0.221 e. The molecule has 6 aromatic carbocycles. The van der Waals surface area contributed by atoms with Crippen LogP contribution in [0.2, 0.25) is 0 Å². The molecule has 2 N–H and O–H groups in total. The summed E-state index contributed by atoms with van der Waals surface area (Å²) in [6, 6.07) is 52.6. The van der Waals surface area contributed by atoms with Crippen molar-refractivity contribution in [2.45, 2.75) is 0 Å². The summed E-state index contributed by atoms with van der Waals surface area (Å²) in [6.07, 6.45) is 0. The summed E-state index contributed by atoms with van der Waals surface area (Å²) >= 11 is 0. The molecule has 7 aromatic rings. The Morgan fingerprint density at radius 2 is 0.953 bits per heavy atom. The summed E-state index contributed by atoms with van der Waals surface area (Å²) in [6.45, 7) is 0. The van der Waals surface area contributed by atoms with Gasteiger partial charge in [0.1, 0.15) is 0 Å². The second kappa shape index (κ2) is 11.1. The van der Waals surface area contributed by atoms with Gasteiger partial charge >= 0.3 is 0 Å². The minimum absolute atomic E-state index is 0.0587. The predicted molar refractivity (Wildman–Crippen MR) is 177 cm³/mol. The second-order valence-electron chi connectivity index (χ2n) is 10.2. The van der Waals surface area contributed by atoms with Gasteiger partial charge in [0.25, 0.3) is 0 Å². The molecule has 1 aromatic heterocycles. The van der Waals surface area contributed by atoms with E-state index in [0.717, 1.165) is 22.7 Å². The van der Waals surface area contributed by atoms with E-state index in [1.807, 2.05) is 60.7 Å². The van der Waals surface area contributed by atoms with Crippen molar-refractivity contribution in [3.63, 3.8) is 0 Å². The highest BCUT2D eigenvalue weighted by Crippen LogP contribution is 2.37.